The molecular formula is C17H22ClNO2. The molecule has 1 atom stereocenters. The van der Waals surface area contributed by atoms with Crippen LogP contribution >= 0.6 is 12.4 Å². The van der Waals surface area contributed by atoms with Crippen molar-refractivity contribution in [1.29, 1.82) is 0 Å². The number of halogens is 1. The lowest BCUT2D eigenvalue weighted by Gasteiger charge is -2.14. The van der Waals surface area contributed by atoms with E-state index in [2.05, 4.69) is 0 Å². The molecule has 0 aliphatic heterocycles. The summed E-state index contributed by atoms with van der Waals surface area (Å²) in [5, 5.41) is 0. The standard InChI is InChI=1S/C17H21NO2.ClH/c1-3-19-17-11-15(13(2)18)9-10-16(17)20-12-14-7-5-4-6-8-14;/h4-11,13H,3,12,18H2,1-2H3;1H/t13-;/m1./s1. The molecule has 0 spiro atoms. The van der Waals surface area contributed by atoms with Gasteiger partial charge < -0.3 is 15.2 Å². The fourth-order valence-corrected chi connectivity index (χ4v) is 1.93. The van der Waals surface area contributed by atoms with Gasteiger partial charge in [-0.05, 0) is 37.1 Å². The molecule has 2 rings (SSSR count). The molecule has 0 aromatic heterocycles. The second-order valence-electron chi connectivity index (χ2n) is 4.70. The second-order valence-corrected chi connectivity index (χ2v) is 4.70. The van der Waals surface area contributed by atoms with Gasteiger partial charge in [-0.25, -0.2) is 0 Å². The van der Waals surface area contributed by atoms with Crippen molar-refractivity contribution in [1.82, 2.24) is 0 Å². The van der Waals surface area contributed by atoms with Crippen LogP contribution in [0.1, 0.15) is 31.0 Å². The second kappa shape index (κ2) is 8.55. The van der Waals surface area contributed by atoms with Gasteiger partial charge in [0.2, 0.25) is 0 Å². The third kappa shape index (κ3) is 4.96. The van der Waals surface area contributed by atoms with Crippen molar-refractivity contribution in [3.05, 3.63) is 59.7 Å². The maximum absolute atomic E-state index is 5.90. The third-order valence-corrected chi connectivity index (χ3v) is 3.03. The zero-order valence-corrected chi connectivity index (χ0v) is 13.2. The van der Waals surface area contributed by atoms with Crippen molar-refractivity contribution in [2.45, 2.75) is 26.5 Å². The Morgan fingerprint density at radius 2 is 1.71 bits per heavy atom. The molecule has 2 aromatic carbocycles. The van der Waals surface area contributed by atoms with Crippen LogP contribution in [0.25, 0.3) is 0 Å². The molecular weight excluding hydrogens is 286 g/mol. The molecule has 4 heteroatoms. The van der Waals surface area contributed by atoms with Crippen molar-refractivity contribution in [3.63, 3.8) is 0 Å². The van der Waals surface area contributed by atoms with E-state index >= 15 is 0 Å². The topological polar surface area (TPSA) is 44.5 Å². The number of hydrogen-bond donors (Lipinski definition) is 1. The predicted molar refractivity (Wildman–Crippen MR) is 88.2 cm³/mol. The molecule has 0 bridgehead atoms. The quantitative estimate of drug-likeness (QED) is 0.873. The SMILES string of the molecule is CCOc1cc([C@@H](C)N)ccc1OCc1ccccc1.Cl. The van der Waals surface area contributed by atoms with Crippen LogP contribution in [0.15, 0.2) is 48.5 Å². The van der Waals surface area contributed by atoms with Gasteiger partial charge in [-0.1, -0.05) is 36.4 Å². The molecule has 0 saturated heterocycles. The Hall–Kier alpha value is -1.71. The summed E-state index contributed by atoms with van der Waals surface area (Å²) in [7, 11) is 0. The Labute approximate surface area is 132 Å². The minimum atomic E-state index is -0.0163. The van der Waals surface area contributed by atoms with Gasteiger partial charge in [-0.3, -0.25) is 0 Å². The van der Waals surface area contributed by atoms with Gasteiger partial charge in [0.05, 0.1) is 6.61 Å². The highest BCUT2D eigenvalue weighted by Gasteiger charge is 2.09. The Morgan fingerprint density at radius 1 is 1.00 bits per heavy atom. The molecule has 0 heterocycles. The third-order valence-electron chi connectivity index (χ3n) is 3.03. The molecule has 114 valence electrons. The lowest BCUT2D eigenvalue weighted by Crippen LogP contribution is -2.06. The molecule has 0 saturated carbocycles. The van der Waals surface area contributed by atoms with Gasteiger partial charge >= 0.3 is 0 Å². The van der Waals surface area contributed by atoms with Gasteiger partial charge in [-0.15, -0.1) is 12.4 Å². The molecule has 0 fully saturated rings. The number of benzene rings is 2. The fourth-order valence-electron chi connectivity index (χ4n) is 1.93. The molecule has 0 radical (unpaired) electrons. The summed E-state index contributed by atoms with van der Waals surface area (Å²) in [6, 6.07) is 15.9. The highest BCUT2D eigenvalue weighted by atomic mass is 35.5. The smallest absolute Gasteiger partial charge is 0.161 e. The minimum Gasteiger partial charge on any atom is -0.490 e. The van der Waals surface area contributed by atoms with Crippen molar-refractivity contribution in [3.8, 4) is 11.5 Å². The van der Waals surface area contributed by atoms with E-state index in [9.17, 15) is 0 Å². The van der Waals surface area contributed by atoms with Gasteiger partial charge in [0.15, 0.2) is 11.5 Å². The molecule has 3 nitrogen and oxygen atoms in total. The van der Waals surface area contributed by atoms with Crippen LogP contribution in [0.5, 0.6) is 11.5 Å². The Balaban J connectivity index is 0.00000220. The van der Waals surface area contributed by atoms with E-state index in [0.717, 1.165) is 22.6 Å². The van der Waals surface area contributed by atoms with Crippen LogP contribution in [0.2, 0.25) is 0 Å². The summed E-state index contributed by atoms with van der Waals surface area (Å²) in [5.74, 6) is 1.50. The fraction of sp³-hybridized carbons (Fsp3) is 0.294. The Morgan fingerprint density at radius 3 is 2.33 bits per heavy atom. The molecule has 21 heavy (non-hydrogen) atoms. The lowest BCUT2D eigenvalue weighted by atomic mass is 10.1. The summed E-state index contributed by atoms with van der Waals surface area (Å²) in [6.07, 6.45) is 0. The van der Waals surface area contributed by atoms with Gasteiger partial charge in [0.1, 0.15) is 6.61 Å². The molecule has 0 unspecified atom stereocenters. The first-order valence-corrected chi connectivity index (χ1v) is 6.89. The van der Waals surface area contributed by atoms with Crippen LogP contribution < -0.4 is 15.2 Å². The molecule has 0 aliphatic carbocycles. The maximum atomic E-state index is 5.90. The number of nitrogens with two attached hydrogens (primary N) is 1. The Kier molecular flexibility index (Phi) is 7.06. The van der Waals surface area contributed by atoms with Gasteiger partial charge in [-0.2, -0.15) is 0 Å². The van der Waals surface area contributed by atoms with Gasteiger partial charge in [0, 0.05) is 6.04 Å². The highest BCUT2D eigenvalue weighted by Crippen LogP contribution is 2.30. The summed E-state index contributed by atoms with van der Waals surface area (Å²) in [4.78, 5) is 0. The van der Waals surface area contributed by atoms with Crippen molar-refractivity contribution >= 4 is 12.4 Å². The highest BCUT2D eigenvalue weighted by molar-refractivity contribution is 5.85. The van der Waals surface area contributed by atoms with E-state index < -0.39 is 0 Å². The lowest BCUT2D eigenvalue weighted by molar-refractivity contribution is 0.269. The largest absolute Gasteiger partial charge is 0.490 e. The minimum absolute atomic E-state index is 0. The maximum Gasteiger partial charge on any atom is 0.161 e. The van der Waals surface area contributed by atoms with E-state index in [1.807, 2.05) is 62.4 Å². The Bertz CT molecular complexity index is 544. The normalized spacial score (nSPS) is 11.4. The van der Waals surface area contributed by atoms with Gasteiger partial charge in [0.25, 0.3) is 0 Å². The summed E-state index contributed by atoms with van der Waals surface area (Å²) in [6.45, 7) is 5.04. The molecule has 0 amide bonds. The van der Waals surface area contributed by atoms with Crippen molar-refractivity contribution in [2.75, 3.05) is 6.61 Å². The van der Waals surface area contributed by atoms with Crippen molar-refractivity contribution in [2.24, 2.45) is 5.73 Å². The zero-order chi connectivity index (χ0) is 14.4. The average molecular weight is 308 g/mol. The van der Waals surface area contributed by atoms with E-state index in [1.54, 1.807) is 0 Å². The first kappa shape index (κ1) is 17.3. The zero-order valence-electron chi connectivity index (χ0n) is 12.4. The summed E-state index contributed by atoms with van der Waals surface area (Å²) < 4.78 is 11.5. The van der Waals surface area contributed by atoms with E-state index in [4.69, 9.17) is 15.2 Å². The van der Waals surface area contributed by atoms with Crippen LogP contribution in [0.3, 0.4) is 0 Å². The molecule has 0 aliphatic rings. The first-order valence-electron chi connectivity index (χ1n) is 6.89. The van der Waals surface area contributed by atoms with E-state index in [0.29, 0.717) is 13.2 Å². The molecule has 2 aromatic rings. The van der Waals surface area contributed by atoms with E-state index in [1.165, 1.54) is 0 Å². The number of rotatable bonds is 6. The van der Waals surface area contributed by atoms with Crippen LogP contribution in [-0.2, 0) is 6.61 Å². The molecule has 2 N–H and O–H groups in total. The van der Waals surface area contributed by atoms with Crippen LogP contribution in [0, 0.1) is 0 Å². The van der Waals surface area contributed by atoms with Crippen LogP contribution in [0.4, 0.5) is 0 Å². The van der Waals surface area contributed by atoms with Crippen molar-refractivity contribution < 1.29 is 9.47 Å². The number of hydrogen-bond acceptors (Lipinski definition) is 3. The van der Waals surface area contributed by atoms with E-state index in [-0.39, 0.29) is 18.4 Å². The monoisotopic (exact) mass is 307 g/mol. The predicted octanol–water partition coefficient (Wildman–Crippen LogP) is 4.11. The first-order chi connectivity index (χ1) is 9.70. The summed E-state index contributed by atoms with van der Waals surface area (Å²) in [5.41, 5.74) is 8.07. The average Bonchev–Trinajstić information content (AvgIpc) is 2.47. The van der Waals surface area contributed by atoms with Crippen LogP contribution in [-0.4, -0.2) is 6.61 Å². The number of ether oxygens (including phenoxy) is 2. The summed E-state index contributed by atoms with van der Waals surface area (Å²) >= 11 is 0.